The first-order valence-corrected chi connectivity index (χ1v) is 13.2. The number of hydrogen-bond donors (Lipinski definition) is 1. The van der Waals surface area contributed by atoms with E-state index in [0.29, 0.717) is 25.3 Å². The monoisotopic (exact) mass is 496 g/mol. The smallest absolute Gasteiger partial charge is 0.222 e. The highest BCUT2D eigenvalue weighted by atomic mass is 16.5. The van der Waals surface area contributed by atoms with Gasteiger partial charge >= 0.3 is 0 Å². The zero-order valence-electron chi connectivity index (χ0n) is 21.5. The van der Waals surface area contributed by atoms with Gasteiger partial charge in [-0.25, -0.2) is 0 Å². The Labute approximate surface area is 214 Å². The summed E-state index contributed by atoms with van der Waals surface area (Å²) in [7, 11) is 1.66. The van der Waals surface area contributed by atoms with E-state index in [1.165, 1.54) is 0 Å². The van der Waals surface area contributed by atoms with Crippen molar-refractivity contribution in [1.29, 1.82) is 0 Å². The Hall–Kier alpha value is -2.77. The molecule has 0 aromatic heterocycles. The zero-order chi connectivity index (χ0) is 25.2. The Balaban J connectivity index is 1.26. The Kier molecular flexibility index (Phi) is 9.47. The summed E-state index contributed by atoms with van der Waals surface area (Å²) >= 11 is 0. The van der Waals surface area contributed by atoms with E-state index in [0.717, 1.165) is 81.8 Å². The number of carbonyl (C=O) groups is 1. The largest absolute Gasteiger partial charge is 0.493 e. The molecule has 1 atom stereocenters. The minimum atomic E-state index is -0.865. The summed E-state index contributed by atoms with van der Waals surface area (Å²) in [5.74, 6) is 2.47. The van der Waals surface area contributed by atoms with Crippen LogP contribution in [-0.2, 0) is 11.3 Å². The fourth-order valence-electron chi connectivity index (χ4n) is 5.09. The van der Waals surface area contributed by atoms with Gasteiger partial charge in [-0.15, -0.1) is 0 Å². The maximum absolute atomic E-state index is 12.2. The molecule has 0 saturated carbocycles. The van der Waals surface area contributed by atoms with Crippen LogP contribution in [0.25, 0.3) is 0 Å². The average Bonchev–Trinajstić information content (AvgIpc) is 3.10. The topological polar surface area (TPSA) is 71.5 Å². The van der Waals surface area contributed by atoms with Crippen LogP contribution in [0.1, 0.15) is 50.5 Å². The highest BCUT2D eigenvalue weighted by Crippen LogP contribution is 2.30. The molecule has 0 bridgehead atoms. The minimum absolute atomic E-state index is 0.269. The number of aliphatic hydroxyl groups is 1. The first-order valence-electron chi connectivity index (χ1n) is 13.2. The first kappa shape index (κ1) is 26.3. The summed E-state index contributed by atoms with van der Waals surface area (Å²) in [5, 5.41) is 11.1. The van der Waals surface area contributed by atoms with Crippen LogP contribution in [0.15, 0.2) is 48.5 Å². The summed E-state index contributed by atoms with van der Waals surface area (Å²) in [6.07, 6.45) is 6.37. The molecule has 1 amide bonds. The Morgan fingerprint density at radius 2 is 1.83 bits per heavy atom. The molecule has 0 aliphatic carbocycles. The van der Waals surface area contributed by atoms with E-state index in [4.69, 9.17) is 14.2 Å². The summed E-state index contributed by atoms with van der Waals surface area (Å²) in [6, 6.07) is 15.7. The minimum Gasteiger partial charge on any atom is -0.493 e. The molecule has 2 fully saturated rings. The van der Waals surface area contributed by atoms with Gasteiger partial charge in [-0.1, -0.05) is 30.7 Å². The quantitative estimate of drug-likeness (QED) is 0.469. The van der Waals surface area contributed by atoms with Crippen molar-refractivity contribution in [2.24, 2.45) is 0 Å². The second-order valence-corrected chi connectivity index (χ2v) is 10.0. The standard InChI is InChI=1S/C29H40N2O5/c1-34-27-20-24(13-14-26(27)35-19-9-18-31-17-7-3-6-12-28(31)32)21-30-16-8-15-29(33,22-30)23-36-25-10-4-2-5-11-25/h2,4-5,10-11,13-14,20,33H,3,6-9,12,15-19,21-23H2,1H3/t29-/m1/s1. The van der Waals surface area contributed by atoms with Gasteiger partial charge in [0.25, 0.3) is 0 Å². The number of amides is 1. The molecule has 196 valence electrons. The summed E-state index contributed by atoms with van der Waals surface area (Å²) in [6.45, 7) is 4.65. The predicted molar refractivity (Wildman–Crippen MR) is 140 cm³/mol. The van der Waals surface area contributed by atoms with Crippen LogP contribution in [-0.4, -0.2) is 72.9 Å². The normalized spacial score (nSPS) is 21.2. The van der Waals surface area contributed by atoms with Gasteiger partial charge in [0.15, 0.2) is 11.5 Å². The lowest BCUT2D eigenvalue weighted by molar-refractivity contribution is -0.130. The third kappa shape index (κ3) is 7.61. The van der Waals surface area contributed by atoms with Crippen LogP contribution in [0.2, 0.25) is 0 Å². The third-order valence-electron chi connectivity index (χ3n) is 7.02. The van der Waals surface area contributed by atoms with Gasteiger partial charge in [0.2, 0.25) is 5.91 Å². The lowest BCUT2D eigenvalue weighted by Crippen LogP contribution is -2.51. The molecule has 7 heteroatoms. The number of nitrogens with zero attached hydrogens (tertiary/aromatic N) is 2. The Morgan fingerprint density at radius 1 is 0.972 bits per heavy atom. The molecule has 2 aromatic rings. The summed E-state index contributed by atoms with van der Waals surface area (Å²) in [4.78, 5) is 16.4. The Morgan fingerprint density at radius 3 is 2.67 bits per heavy atom. The number of likely N-dealkylation sites (tertiary alicyclic amines) is 2. The molecular formula is C29H40N2O5. The Bertz CT molecular complexity index is 969. The van der Waals surface area contributed by atoms with Crippen molar-refractivity contribution in [3.63, 3.8) is 0 Å². The molecule has 4 rings (SSSR count). The molecule has 1 N–H and O–H groups in total. The molecule has 36 heavy (non-hydrogen) atoms. The molecule has 0 unspecified atom stereocenters. The summed E-state index contributed by atoms with van der Waals surface area (Å²) < 4.78 is 17.5. The second-order valence-electron chi connectivity index (χ2n) is 10.0. The average molecular weight is 497 g/mol. The highest BCUT2D eigenvalue weighted by molar-refractivity contribution is 5.76. The van der Waals surface area contributed by atoms with E-state index < -0.39 is 5.60 Å². The molecule has 2 heterocycles. The number of benzene rings is 2. The van der Waals surface area contributed by atoms with Crippen molar-refractivity contribution < 1.29 is 24.1 Å². The van der Waals surface area contributed by atoms with Gasteiger partial charge in [-0.3, -0.25) is 9.69 Å². The lowest BCUT2D eigenvalue weighted by atomic mass is 9.93. The molecule has 0 spiro atoms. The molecule has 2 saturated heterocycles. The van der Waals surface area contributed by atoms with E-state index in [2.05, 4.69) is 11.0 Å². The molecule has 0 radical (unpaired) electrons. The fourth-order valence-corrected chi connectivity index (χ4v) is 5.09. The molecule has 2 aliphatic heterocycles. The van der Waals surface area contributed by atoms with Crippen molar-refractivity contribution in [3.8, 4) is 17.2 Å². The van der Waals surface area contributed by atoms with Crippen molar-refractivity contribution in [3.05, 3.63) is 54.1 Å². The van der Waals surface area contributed by atoms with E-state index in [9.17, 15) is 9.90 Å². The van der Waals surface area contributed by atoms with Crippen molar-refractivity contribution in [2.45, 2.75) is 57.1 Å². The van der Waals surface area contributed by atoms with Crippen LogP contribution in [0.4, 0.5) is 0 Å². The van der Waals surface area contributed by atoms with E-state index in [-0.39, 0.29) is 12.5 Å². The van der Waals surface area contributed by atoms with Gasteiger partial charge in [-0.2, -0.15) is 0 Å². The van der Waals surface area contributed by atoms with E-state index in [1.54, 1.807) is 7.11 Å². The third-order valence-corrected chi connectivity index (χ3v) is 7.02. The van der Waals surface area contributed by atoms with Crippen molar-refractivity contribution in [2.75, 3.05) is 46.5 Å². The van der Waals surface area contributed by atoms with E-state index >= 15 is 0 Å². The van der Waals surface area contributed by atoms with Gasteiger partial charge in [-0.05, 0) is 68.5 Å². The van der Waals surface area contributed by atoms with Crippen LogP contribution < -0.4 is 14.2 Å². The first-order chi connectivity index (χ1) is 17.5. The number of hydrogen-bond acceptors (Lipinski definition) is 6. The van der Waals surface area contributed by atoms with Gasteiger partial charge in [0, 0.05) is 32.6 Å². The van der Waals surface area contributed by atoms with Gasteiger partial charge in [0.05, 0.1) is 13.7 Å². The van der Waals surface area contributed by atoms with Gasteiger partial charge in [0.1, 0.15) is 18.0 Å². The number of piperidine rings is 1. The maximum Gasteiger partial charge on any atom is 0.222 e. The van der Waals surface area contributed by atoms with Crippen LogP contribution in [0, 0.1) is 0 Å². The number of methoxy groups -OCH3 is 1. The van der Waals surface area contributed by atoms with Crippen molar-refractivity contribution in [1.82, 2.24) is 9.80 Å². The van der Waals surface area contributed by atoms with Crippen molar-refractivity contribution >= 4 is 5.91 Å². The van der Waals surface area contributed by atoms with Crippen LogP contribution >= 0.6 is 0 Å². The van der Waals surface area contributed by atoms with Crippen LogP contribution in [0.3, 0.4) is 0 Å². The molecular weight excluding hydrogens is 456 g/mol. The lowest BCUT2D eigenvalue weighted by Gasteiger charge is -2.39. The predicted octanol–water partition coefficient (Wildman–Crippen LogP) is 4.27. The number of para-hydroxylation sites is 1. The zero-order valence-corrected chi connectivity index (χ0v) is 21.5. The highest BCUT2D eigenvalue weighted by Gasteiger charge is 2.34. The maximum atomic E-state index is 12.2. The molecule has 7 nitrogen and oxygen atoms in total. The number of rotatable bonds is 11. The summed E-state index contributed by atoms with van der Waals surface area (Å²) in [5.41, 5.74) is 0.248. The van der Waals surface area contributed by atoms with Gasteiger partial charge < -0.3 is 24.2 Å². The number of β-amino-alcohol motifs (C(OH)–C–C–N with tert-alkyl or cyclic N) is 1. The van der Waals surface area contributed by atoms with Crippen LogP contribution in [0.5, 0.6) is 17.2 Å². The SMILES string of the molecule is COc1cc(CN2CCC[C@](O)(COc3ccccc3)C2)ccc1OCCCN1CCCCCC1=O. The second kappa shape index (κ2) is 13.0. The number of ether oxygens (including phenoxy) is 3. The van der Waals surface area contributed by atoms with E-state index in [1.807, 2.05) is 47.4 Å². The fraction of sp³-hybridized carbons (Fsp3) is 0.552. The molecule has 2 aliphatic rings. The number of carbonyl (C=O) groups excluding carboxylic acids is 1. The molecule has 2 aromatic carbocycles.